The van der Waals surface area contributed by atoms with Gasteiger partial charge < -0.3 is 4.90 Å². The lowest BCUT2D eigenvalue weighted by atomic mass is 9.85. The molecule has 2 aliphatic carbocycles. The van der Waals surface area contributed by atoms with Crippen LogP contribution in [0.2, 0.25) is 4.34 Å². The zero-order chi connectivity index (χ0) is 17.7. The van der Waals surface area contributed by atoms with Gasteiger partial charge in [-0.3, -0.25) is 19.3 Å². The first-order valence-corrected chi connectivity index (χ1v) is 9.74. The summed E-state index contributed by atoms with van der Waals surface area (Å²) in [4.78, 5) is 41.9. The number of hydrogen-bond acceptors (Lipinski definition) is 4. The Bertz CT molecular complexity index is 744. The van der Waals surface area contributed by atoms with Crippen molar-refractivity contribution in [3.8, 4) is 0 Å². The van der Waals surface area contributed by atoms with E-state index in [-0.39, 0.29) is 47.9 Å². The number of imide groups is 1. The third-order valence-corrected chi connectivity index (χ3v) is 6.78. The molecule has 2 heterocycles. The molecule has 1 aromatic heterocycles. The van der Waals surface area contributed by atoms with Gasteiger partial charge in [-0.2, -0.15) is 0 Å². The molecule has 132 valence electrons. The number of allylic oxidation sites excluding steroid dienone is 2. The summed E-state index contributed by atoms with van der Waals surface area (Å²) in [7, 11) is 0. The molecule has 4 rings (SSSR count). The quantitative estimate of drug-likeness (QED) is 0.584. The Morgan fingerprint density at radius 1 is 1.24 bits per heavy atom. The Labute approximate surface area is 155 Å². The van der Waals surface area contributed by atoms with Crippen LogP contribution in [0.15, 0.2) is 24.3 Å². The van der Waals surface area contributed by atoms with Gasteiger partial charge in [-0.05, 0) is 37.3 Å². The number of hydrogen-bond donors (Lipinski definition) is 0. The molecule has 7 heteroatoms. The molecular weight excluding hydrogens is 360 g/mol. The van der Waals surface area contributed by atoms with Crippen LogP contribution in [0.4, 0.5) is 0 Å². The van der Waals surface area contributed by atoms with Crippen molar-refractivity contribution in [2.45, 2.75) is 19.9 Å². The molecule has 0 aromatic carbocycles. The van der Waals surface area contributed by atoms with Gasteiger partial charge in [-0.25, -0.2) is 0 Å². The number of rotatable bonds is 5. The van der Waals surface area contributed by atoms with E-state index >= 15 is 0 Å². The van der Waals surface area contributed by atoms with Crippen LogP contribution in [0.5, 0.6) is 0 Å². The molecule has 5 nitrogen and oxygen atoms in total. The molecule has 0 radical (unpaired) electrons. The third-order valence-electron chi connectivity index (χ3n) is 5.56. The molecule has 0 N–H and O–H groups in total. The second-order valence-electron chi connectivity index (χ2n) is 6.88. The number of halogens is 1. The number of carbonyl (C=O) groups excluding carboxylic acids is 3. The van der Waals surface area contributed by atoms with E-state index in [4.69, 9.17) is 11.6 Å². The molecule has 1 aromatic rings. The van der Waals surface area contributed by atoms with Crippen molar-refractivity contribution in [3.63, 3.8) is 0 Å². The molecule has 25 heavy (non-hydrogen) atoms. The van der Waals surface area contributed by atoms with E-state index in [0.717, 1.165) is 11.3 Å². The standard InChI is InChI=1S/C18H19ClN2O3S/c1-2-20(8-12-5-6-13(19)25-12)14(22)9-21-17(23)15-10-3-4-11(7-10)16(15)18(21)24/h3-6,10-11,15-16H,2,7-9H2,1H3. The average Bonchev–Trinajstić information content (AvgIpc) is 3.34. The highest BCUT2D eigenvalue weighted by molar-refractivity contribution is 7.16. The number of likely N-dealkylation sites (tertiary alicyclic amines) is 1. The van der Waals surface area contributed by atoms with Crippen LogP contribution in [-0.2, 0) is 20.9 Å². The van der Waals surface area contributed by atoms with Gasteiger partial charge in [0.2, 0.25) is 17.7 Å². The monoisotopic (exact) mass is 378 g/mol. The second-order valence-corrected chi connectivity index (χ2v) is 8.68. The van der Waals surface area contributed by atoms with E-state index in [2.05, 4.69) is 12.2 Å². The van der Waals surface area contributed by atoms with Gasteiger partial charge in [0.15, 0.2) is 0 Å². The number of nitrogens with zero attached hydrogens (tertiary/aromatic N) is 2. The minimum Gasteiger partial charge on any atom is -0.336 e. The van der Waals surface area contributed by atoms with Crippen LogP contribution in [0, 0.1) is 23.7 Å². The topological polar surface area (TPSA) is 57.7 Å². The highest BCUT2D eigenvalue weighted by Gasteiger charge is 2.59. The first-order valence-electron chi connectivity index (χ1n) is 8.55. The van der Waals surface area contributed by atoms with E-state index in [1.54, 1.807) is 11.0 Å². The van der Waals surface area contributed by atoms with Crippen molar-refractivity contribution in [3.05, 3.63) is 33.5 Å². The molecule has 3 aliphatic rings. The summed E-state index contributed by atoms with van der Waals surface area (Å²) in [6, 6.07) is 3.69. The fourth-order valence-electron chi connectivity index (χ4n) is 4.36. The predicted octanol–water partition coefficient (Wildman–Crippen LogP) is 2.56. The van der Waals surface area contributed by atoms with E-state index in [1.807, 2.05) is 13.0 Å². The number of amides is 3. The first-order chi connectivity index (χ1) is 12.0. The lowest BCUT2D eigenvalue weighted by Crippen LogP contribution is -2.43. The van der Waals surface area contributed by atoms with Crippen molar-refractivity contribution in [1.29, 1.82) is 0 Å². The highest BCUT2D eigenvalue weighted by Crippen LogP contribution is 2.52. The Morgan fingerprint density at radius 2 is 1.88 bits per heavy atom. The van der Waals surface area contributed by atoms with Gasteiger partial charge in [0.1, 0.15) is 6.54 Å². The Hall–Kier alpha value is -1.66. The minimum atomic E-state index is -0.249. The highest BCUT2D eigenvalue weighted by atomic mass is 35.5. The Balaban J connectivity index is 1.45. The third kappa shape index (κ3) is 2.72. The smallest absolute Gasteiger partial charge is 0.243 e. The fourth-order valence-corrected chi connectivity index (χ4v) is 5.46. The maximum Gasteiger partial charge on any atom is 0.243 e. The lowest BCUT2D eigenvalue weighted by molar-refractivity contribution is -0.147. The molecule has 1 aliphatic heterocycles. The van der Waals surface area contributed by atoms with Crippen molar-refractivity contribution in [2.75, 3.05) is 13.1 Å². The summed E-state index contributed by atoms with van der Waals surface area (Å²) in [6.45, 7) is 2.70. The van der Waals surface area contributed by atoms with Crippen LogP contribution in [-0.4, -0.2) is 40.6 Å². The number of carbonyl (C=O) groups is 3. The molecule has 4 atom stereocenters. The SMILES string of the molecule is CCN(Cc1ccc(Cl)s1)C(=O)CN1C(=O)C2C3C=CC(C3)C2C1=O. The zero-order valence-corrected chi connectivity index (χ0v) is 15.4. The summed E-state index contributed by atoms with van der Waals surface area (Å²) in [5, 5.41) is 0. The maximum atomic E-state index is 12.7. The zero-order valence-electron chi connectivity index (χ0n) is 13.9. The number of likely N-dealkylation sites (N-methyl/N-ethyl adjacent to an activating group) is 1. The van der Waals surface area contributed by atoms with E-state index < -0.39 is 0 Å². The summed E-state index contributed by atoms with van der Waals surface area (Å²) in [5.41, 5.74) is 0. The average molecular weight is 379 g/mol. The number of fused-ring (bicyclic) bond motifs is 5. The lowest BCUT2D eigenvalue weighted by Gasteiger charge is -2.24. The van der Waals surface area contributed by atoms with E-state index in [0.29, 0.717) is 17.4 Å². The molecule has 1 saturated carbocycles. The fraction of sp³-hybridized carbons (Fsp3) is 0.500. The molecule has 1 saturated heterocycles. The van der Waals surface area contributed by atoms with Crippen LogP contribution in [0.3, 0.4) is 0 Å². The summed E-state index contributed by atoms with van der Waals surface area (Å²) in [6.07, 6.45) is 5.01. The van der Waals surface area contributed by atoms with Crippen LogP contribution >= 0.6 is 22.9 Å². The van der Waals surface area contributed by atoms with Crippen molar-refractivity contribution < 1.29 is 14.4 Å². The Morgan fingerprint density at radius 3 is 2.40 bits per heavy atom. The van der Waals surface area contributed by atoms with Crippen molar-refractivity contribution in [1.82, 2.24) is 9.80 Å². The molecule has 2 fully saturated rings. The van der Waals surface area contributed by atoms with Gasteiger partial charge in [0.05, 0.1) is 22.7 Å². The number of thiophene rings is 1. The molecule has 0 spiro atoms. The molecule has 2 bridgehead atoms. The maximum absolute atomic E-state index is 12.7. The van der Waals surface area contributed by atoms with Crippen molar-refractivity contribution in [2.24, 2.45) is 23.7 Å². The summed E-state index contributed by atoms with van der Waals surface area (Å²) in [5.74, 6) is -0.702. The van der Waals surface area contributed by atoms with Gasteiger partial charge >= 0.3 is 0 Å². The van der Waals surface area contributed by atoms with Gasteiger partial charge in [-0.15, -0.1) is 11.3 Å². The van der Waals surface area contributed by atoms with Gasteiger partial charge in [0.25, 0.3) is 0 Å². The predicted molar refractivity (Wildman–Crippen MR) is 94.9 cm³/mol. The summed E-state index contributed by atoms with van der Waals surface area (Å²) >= 11 is 7.37. The van der Waals surface area contributed by atoms with E-state index in [1.165, 1.54) is 16.2 Å². The van der Waals surface area contributed by atoms with E-state index in [9.17, 15) is 14.4 Å². The second kappa shape index (κ2) is 6.25. The van der Waals surface area contributed by atoms with Crippen LogP contribution in [0.25, 0.3) is 0 Å². The minimum absolute atomic E-state index is 0.156. The molecule has 3 amide bonds. The van der Waals surface area contributed by atoms with Crippen molar-refractivity contribution >= 4 is 40.7 Å². The Kier molecular flexibility index (Phi) is 4.20. The van der Waals surface area contributed by atoms with Crippen LogP contribution in [0.1, 0.15) is 18.2 Å². The van der Waals surface area contributed by atoms with Crippen LogP contribution < -0.4 is 0 Å². The largest absolute Gasteiger partial charge is 0.336 e. The normalized spacial score (nSPS) is 29.6. The molecule has 4 unspecified atom stereocenters. The van der Waals surface area contributed by atoms with Gasteiger partial charge in [-0.1, -0.05) is 23.8 Å². The summed E-state index contributed by atoms with van der Waals surface area (Å²) < 4.78 is 0.680. The first kappa shape index (κ1) is 16.8. The molecular formula is C18H19ClN2O3S. The van der Waals surface area contributed by atoms with Gasteiger partial charge in [0, 0.05) is 11.4 Å².